The zero-order valence-electron chi connectivity index (χ0n) is 12.8. The van der Waals surface area contributed by atoms with Crippen molar-refractivity contribution in [1.82, 2.24) is 10.2 Å². The maximum Gasteiger partial charge on any atom is 0.249 e. The summed E-state index contributed by atoms with van der Waals surface area (Å²) >= 11 is 0. The second-order valence-corrected chi connectivity index (χ2v) is 7.41. The summed E-state index contributed by atoms with van der Waals surface area (Å²) < 4.78 is 0. The van der Waals surface area contributed by atoms with Crippen molar-refractivity contribution in [2.75, 3.05) is 6.54 Å². The average Bonchev–Trinajstić information content (AvgIpc) is 3.12. The summed E-state index contributed by atoms with van der Waals surface area (Å²) in [7, 11) is 0. The van der Waals surface area contributed by atoms with Gasteiger partial charge in [-0.15, -0.1) is 0 Å². The van der Waals surface area contributed by atoms with Crippen LogP contribution in [-0.4, -0.2) is 34.8 Å². The van der Waals surface area contributed by atoms with E-state index in [9.17, 15) is 9.59 Å². The van der Waals surface area contributed by atoms with Gasteiger partial charge in [0.2, 0.25) is 11.8 Å². The quantitative estimate of drug-likeness (QED) is 0.854. The largest absolute Gasteiger partial charge is 0.340 e. The molecule has 0 aromatic rings. The Balaban J connectivity index is 1.85. The SMILES string of the molecule is CC(C)C1C(=O)NC(C)(C2CC2)C(=O)N1CC1CCC1. The molecule has 1 aliphatic heterocycles. The monoisotopic (exact) mass is 278 g/mol. The van der Waals surface area contributed by atoms with E-state index in [1.807, 2.05) is 25.7 Å². The number of nitrogens with one attached hydrogen (secondary N) is 1. The van der Waals surface area contributed by atoms with Gasteiger partial charge in [-0.3, -0.25) is 9.59 Å². The maximum atomic E-state index is 13.0. The molecule has 0 radical (unpaired) electrons. The van der Waals surface area contributed by atoms with E-state index in [2.05, 4.69) is 5.32 Å². The number of carbonyl (C=O) groups is 2. The fraction of sp³-hybridized carbons (Fsp3) is 0.875. The Morgan fingerprint density at radius 2 is 1.90 bits per heavy atom. The van der Waals surface area contributed by atoms with Gasteiger partial charge in [0.1, 0.15) is 11.6 Å². The third-order valence-electron chi connectivity index (χ3n) is 5.40. The molecular formula is C16H26N2O2. The maximum absolute atomic E-state index is 13.0. The van der Waals surface area contributed by atoms with Crippen molar-refractivity contribution in [1.29, 1.82) is 0 Å². The fourth-order valence-electron chi connectivity index (χ4n) is 3.70. The fourth-order valence-corrected chi connectivity index (χ4v) is 3.70. The number of rotatable bonds is 4. The van der Waals surface area contributed by atoms with Crippen LogP contribution in [0.2, 0.25) is 0 Å². The van der Waals surface area contributed by atoms with E-state index in [0.717, 1.165) is 19.4 Å². The topological polar surface area (TPSA) is 49.4 Å². The molecule has 0 aromatic carbocycles. The lowest BCUT2D eigenvalue weighted by Crippen LogP contribution is -2.71. The van der Waals surface area contributed by atoms with Gasteiger partial charge < -0.3 is 10.2 Å². The highest BCUT2D eigenvalue weighted by atomic mass is 16.2. The molecule has 3 fully saturated rings. The average molecular weight is 278 g/mol. The van der Waals surface area contributed by atoms with Crippen LogP contribution < -0.4 is 5.32 Å². The highest BCUT2D eigenvalue weighted by Gasteiger charge is 2.56. The van der Waals surface area contributed by atoms with Gasteiger partial charge >= 0.3 is 0 Å². The van der Waals surface area contributed by atoms with Gasteiger partial charge in [0.15, 0.2) is 0 Å². The van der Waals surface area contributed by atoms with Gasteiger partial charge in [-0.25, -0.2) is 0 Å². The molecule has 1 heterocycles. The summed E-state index contributed by atoms with van der Waals surface area (Å²) in [6, 6.07) is -0.282. The van der Waals surface area contributed by atoms with Crippen LogP contribution in [0.25, 0.3) is 0 Å². The van der Waals surface area contributed by atoms with E-state index in [4.69, 9.17) is 0 Å². The van der Waals surface area contributed by atoms with Gasteiger partial charge in [-0.1, -0.05) is 20.3 Å². The number of hydrogen-bond acceptors (Lipinski definition) is 2. The van der Waals surface area contributed by atoms with Crippen LogP contribution in [0.4, 0.5) is 0 Å². The Morgan fingerprint density at radius 1 is 1.25 bits per heavy atom. The Hall–Kier alpha value is -1.06. The second-order valence-electron chi connectivity index (χ2n) is 7.41. The molecule has 0 aromatic heterocycles. The Morgan fingerprint density at radius 3 is 2.35 bits per heavy atom. The normalized spacial score (nSPS) is 35.2. The van der Waals surface area contributed by atoms with Gasteiger partial charge in [0, 0.05) is 6.54 Å². The van der Waals surface area contributed by atoms with E-state index in [0.29, 0.717) is 11.8 Å². The minimum Gasteiger partial charge on any atom is -0.340 e. The van der Waals surface area contributed by atoms with E-state index in [1.165, 1.54) is 19.3 Å². The molecule has 1 N–H and O–H groups in total. The van der Waals surface area contributed by atoms with Crippen molar-refractivity contribution in [3.63, 3.8) is 0 Å². The summed E-state index contributed by atoms with van der Waals surface area (Å²) in [6.45, 7) is 6.77. The first kappa shape index (κ1) is 13.9. The number of nitrogens with zero attached hydrogens (tertiary/aromatic N) is 1. The highest BCUT2D eigenvalue weighted by Crippen LogP contribution is 2.43. The minimum absolute atomic E-state index is 0.0494. The summed E-state index contributed by atoms with van der Waals surface area (Å²) in [5.41, 5.74) is -0.647. The smallest absolute Gasteiger partial charge is 0.249 e. The molecular weight excluding hydrogens is 252 g/mol. The van der Waals surface area contributed by atoms with Crippen molar-refractivity contribution >= 4 is 11.8 Å². The molecule has 2 aliphatic carbocycles. The van der Waals surface area contributed by atoms with Crippen molar-refractivity contribution in [3.05, 3.63) is 0 Å². The predicted molar refractivity (Wildman–Crippen MR) is 77.0 cm³/mol. The van der Waals surface area contributed by atoms with Crippen molar-refractivity contribution in [2.24, 2.45) is 17.8 Å². The first-order chi connectivity index (χ1) is 9.43. The molecule has 0 spiro atoms. The lowest BCUT2D eigenvalue weighted by molar-refractivity contribution is -0.158. The zero-order chi connectivity index (χ0) is 14.5. The molecule has 3 rings (SSSR count). The first-order valence-electron chi connectivity index (χ1n) is 8.06. The molecule has 1 saturated heterocycles. The van der Waals surface area contributed by atoms with E-state index in [-0.39, 0.29) is 23.8 Å². The van der Waals surface area contributed by atoms with E-state index in [1.54, 1.807) is 0 Å². The lowest BCUT2D eigenvalue weighted by atomic mass is 9.81. The van der Waals surface area contributed by atoms with Crippen LogP contribution in [0.15, 0.2) is 0 Å². The van der Waals surface area contributed by atoms with Crippen LogP contribution in [0.5, 0.6) is 0 Å². The Kier molecular flexibility index (Phi) is 3.30. The highest BCUT2D eigenvalue weighted by molar-refractivity contribution is 6.00. The van der Waals surface area contributed by atoms with Gasteiger partial charge in [-0.2, -0.15) is 0 Å². The van der Waals surface area contributed by atoms with E-state index < -0.39 is 5.54 Å². The van der Waals surface area contributed by atoms with Crippen LogP contribution in [0.3, 0.4) is 0 Å². The molecule has 20 heavy (non-hydrogen) atoms. The lowest BCUT2D eigenvalue weighted by Gasteiger charge is -2.48. The molecule has 2 atom stereocenters. The molecule has 0 bridgehead atoms. The van der Waals surface area contributed by atoms with Crippen LogP contribution in [0, 0.1) is 17.8 Å². The third-order valence-corrected chi connectivity index (χ3v) is 5.40. The Labute approximate surface area is 121 Å². The minimum atomic E-state index is -0.647. The zero-order valence-corrected chi connectivity index (χ0v) is 12.8. The van der Waals surface area contributed by atoms with Crippen LogP contribution in [0.1, 0.15) is 52.9 Å². The van der Waals surface area contributed by atoms with Crippen LogP contribution >= 0.6 is 0 Å². The molecule has 112 valence electrons. The first-order valence-corrected chi connectivity index (χ1v) is 8.06. The molecule has 2 amide bonds. The number of carbonyl (C=O) groups excluding carboxylic acids is 2. The standard InChI is InChI=1S/C16H26N2O2/c1-10(2)13-14(19)17-16(3,12-7-8-12)15(20)18(13)9-11-5-4-6-11/h10-13H,4-9H2,1-3H3,(H,17,19). The molecule has 4 nitrogen and oxygen atoms in total. The predicted octanol–water partition coefficient (Wildman–Crippen LogP) is 1.94. The summed E-state index contributed by atoms with van der Waals surface area (Å²) in [4.78, 5) is 27.4. The molecule has 4 heteroatoms. The van der Waals surface area contributed by atoms with Crippen molar-refractivity contribution in [2.45, 2.75) is 64.5 Å². The number of hydrogen-bond donors (Lipinski definition) is 1. The Bertz CT molecular complexity index is 426. The third kappa shape index (κ3) is 2.13. The summed E-state index contributed by atoms with van der Waals surface area (Å²) in [5.74, 6) is 1.33. The van der Waals surface area contributed by atoms with Crippen LogP contribution in [-0.2, 0) is 9.59 Å². The molecule has 2 saturated carbocycles. The number of piperazine rings is 1. The van der Waals surface area contributed by atoms with Gasteiger partial charge in [-0.05, 0) is 50.4 Å². The molecule has 3 aliphatic rings. The number of amides is 2. The van der Waals surface area contributed by atoms with Crippen molar-refractivity contribution < 1.29 is 9.59 Å². The van der Waals surface area contributed by atoms with Crippen molar-refractivity contribution in [3.8, 4) is 0 Å². The van der Waals surface area contributed by atoms with E-state index >= 15 is 0 Å². The summed E-state index contributed by atoms with van der Waals surface area (Å²) in [5, 5.41) is 3.05. The molecule has 2 unspecified atom stereocenters. The summed E-state index contributed by atoms with van der Waals surface area (Å²) in [6.07, 6.45) is 5.80. The van der Waals surface area contributed by atoms with Gasteiger partial charge in [0.05, 0.1) is 0 Å². The second kappa shape index (κ2) is 4.74. The van der Waals surface area contributed by atoms with Gasteiger partial charge in [0.25, 0.3) is 0 Å².